The van der Waals surface area contributed by atoms with Crippen molar-refractivity contribution < 1.29 is 113 Å². The second-order valence-corrected chi connectivity index (χ2v) is 64.3. The zero-order valence-electron chi connectivity index (χ0n) is 76.6. The van der Waals surface area contributed by atoms with Gasteiger partial charge in [0.1, 0.15) is 114 Å². The first-order valence-electron chi connectivity index (χ1n) is 41.9. The van der Waals surface area contributed by atoms with Crippen molar-refractivity contribution in [3.8, 4) is 0 Å². The maximum absolute atomic E-state index is 12.1. The number of hydrazone groups is 1. The zero-order chi connectivity index (χ0) is 97.3. The van der Waals surface area contributed by atoms with Gasteiger partial charge in [0.15, 0.2) is 25.0 Å². The van der Waals surface area contributed by atoms with E-state index in [4.69, 9.17) is 40.6 Å². The van der Waals surface area contributed by atoms with Crippen molar-refractivity contribution in [2.75, 3.05) is 124 Å². The number of urea groups is 2. The summed E-state index contributed by atoms with van der Waals surface area (Å²) in [6, 6.07) is -0.689. The number of amides is 6. The minimum Gasteiger partial charge on any atom is -0.388 e. The van der Waals surface area contributed by atoms with Gasteiger partial charge in [0.2, 0.25) is 12.0 Å². The quantitative estimate of drug-likeness (QED) is 0.0363. The predicted molar refractivity (Wildman–Crippen MR) is 525 cm³/mol. The summed E-state index contributed by atoms with van der Waals surface area (Å²) >= 11 is 5.03. The smallest absolute Gasteiger partial charge is 0.388 e. The summed E-state index contributed by atoms with van der Waals surface area (Å²) < 4.78 is 37.1. The summed E-state index contributed by atoms with van der Waals surface area (Å²) in [6.45, 7) is 38.5. The normalized spacial score (nSPS) is 32.5. The standard InChI is InChI=1S/2C15H25N2O4P.C14H23N2O5P.C14H23N2O3PS.2C13H22N3O4P/c1-9-10(8-17(2)15(20)16-9)14-13(19)12(18)11(21-14)6-7-22(3,4)5;1-9-8-17(10(2)16-14(9)20)15-13(19)12(18)11(21-15)6-7-22(3,4)5;1-16-13(19)8(7-15-14(16)20)12-11(18)10(17)9(21-12)5-6-22(2,3)4;1-9-15-11(21)5-7-16(9)14-13(18)12(17)10(19-14)6-8-20(2,3)4;1-8-15-13(19)14-7-16(8)12-11(18)10(17)9(20-12)5-6-21(2,3)4;1-8-15-10(17)7-14-16(8)13-12(19)11(18)9(20-13)5-6-21(2,3)4/h8,11-14,18-19H,1,3,6-7H2,2,4-5H3,(H,16,20);8,11-13,15,18-19H,2-3,6-7H2,1,4-5H3,(H,16,20);7,9-12,17-18H,2,5-6H2,1,3-4H3,(H,15,20);5,7,10,12-14,17-18H,1-2,6,8H2,3-4H3,(H,15,21);7,9-12,17-18H,1-2,5-6H2,3-4H3,(H,15,19);7,9,11-13,18-19H,1-2,5-6H2,3-4H3,(H,15,17)/p+1/t11-,12-,13-,14+;11-,12-,13-,15-;9-,10-,11-,12+;10-,12-,13-,14-;9-,10-,11-,12-;9-,11-,12-,13-/m111111/s1. The molecular weight excluding hydrogens is 1810 g/mol. The number of H-pyrrole nitrogens is 1. The second-order valence-electron chi connectivity index (χ2n) is 37.9. The van der Waals surface area contributed by atoms with Gasteiger partial charge < -0.3 is 131 Å². The van der Waals surface area contributed by atoms with Crippen LogP contribution in [0.1, 0.15) is 57.1 Å². The number of rotatable bonds is 24. The molecule has 12 rings (SSSR count). The van der Waals surface area contributed by atoms with E-state index in [1.807, 2.05) is 0 Å². The van der Waals surface area contributed by atoms with Gasteiger partial charge in [0, 0.05) is 55.7 Å². The molecule has 0 aromatic carbocycles. The van der Waals surface area contributed by atoms with Crippen LogP contribution in [-0.4, -0.2) is 439 Å². The van der Waals surface area contributed by atoms with Crippen molar-refractivity contribution in [2.45, 2.75) is 192 Å². The average molecular weight is 1950 g/mol. The van der Waals surface area contributed by atoms with Crippen LogP contribution in [0.3, 0.4) is 0 Å². The number of carbonyl (C=O) groups is 4. The first-order valence-corrected chi connectivity index (χ1v) is 60.6. The van der Waals surface area contributed by atoms with Gasteiger partial charge >= 0.3 is 17.8 Å². The molecule has 11 aliphatic rings. The molecule has 24 atom stereocenters. The third-order valence-corrected chi connectivity index (χ3v) is 31.4. The average Bonchev–Trinajstić information content (AvgIpc) is 1.67. The Labute approximate surface area is 762 Å². The molecule has 0 radical (unpaired) electrons. The third-order valence-electron chi connectivity index (χ3n) is 22.3. The lowest BCUT2D eigenvalue weighted by molar-refractivity contribution is -0.579. The molecule has 129 heavy (non-hydrogen) atoms. The van der Waals surface area contributed by atoms with E-state index < -0.39 is 199 Å². The molecule has 0 unspecified atom stereocenters. The van der Waals surface area contributed by atoms with Gasteiger partial charge in [-0.25, -0.2) is 34.6 Å². The van der Waals surface area contributed by atoms with Crippen molar-refractivity contribution in [3.05, 3.63) is 130 Å². The van der Waals surface area contributed by atoms with Crippen LogP contribution in [0, 0.1) is 0 Å². The first-order chi connectivity index (χ1) is 59.4. The van der Waals surface area contributed by atoms with Crippen LogP contribution in [0.25, 0.3) is 0 Å². The summed E-state index contributed by atoms with van der Waals surface area (Å²) in [5, 5.41) is 143. The molecule has 0 aliphatic carbocycles. The Morgan fingerprint density at radius 1 is 0.465 bits per heavy atom. The van der Waals surface area contributed by atoms with Gasteiger partial charge in [-0.3, -0.25) is 19.0 Å². The van der Waals surface area contributed by atoms with E-state index in [1.54, 1.807) is 48.4 Å². The lowest BCUT2D eigenvalue weighted by atomic mass is 9.99. The van der Waals surface area contributed by atoms with Crippen LogP contribution in [-0.2, 0) is 45.1 Å². The Hall–Kier alpha value is -6.21. The van der Waals surface area contributed by atoms with Crippen molar-refractivity contribution in [1.82, 2.24) is 61.2 Å². The number of aromatic nitrogens is 2. The Morgan fingerprint density at radius 2 is 0.860 bits per heavy atom. The lowest BCUT2D eigenvalue weighted by Gasteiger charge is -2.34. The number of aliphatic hydroxyl groups is 12. The SMILES string of the molecule is C=C1NC(=O)C(C)=CN1[C@@H]1O[C@H](CCP(=C)(C)C)[C@@H](O)[C@H]1O.C=C1NC(=O)C=NN1[C@@H]1O[C@H](CCP(=C)(C)C)[C@@H](O)[C@H]1O.C=C1NC(=O)N(C)C=C1[C@@H]1O[C@H](CCP(=C)(C)C)[C@@H](O)[C@H]1O.C=C1NC(=O)NC=[N+]1[C@@H]1O[C@H](CCP(=C)(C)C)[C@@H](O)[C@H]1O.C=C1NC(=S)C=CN1[C@@H]1O[C@H](CCP(=C)(C)C)[C@@H](O)[C@H]1O.C=P(C)(C)CC[C@H]1O[C@@H](c2c[nH]c(=O)n(C)c2=O)[C@H](O)[C@@H]1O. The molecule has 1 aromatic heterocycles. The summed E-state index contributed by atoms with van der Waals surface area (Å²) in [4.78, 5) is 76.5. The maximum Gasteiger partial charge on any atom is 0.440 e. The van der Waals surface area contributed by atoms with Crippen molar-refractivity contribution in [1.29, 1.82) is 0 Å². The van der Waals surface area contributed by atoms with Crippen LogP contribution in [0.2, 0.25) is 0 Å². The third kappa shape index (κ3) is 30.9. The number of ether oxygens (including phenoxy) is 6. The van der Waals surface area contributed by atoms with E-state index >= 15 is 0 Å². The van der Waals surface area contributed by atoms with Crippen molar-refractivity contribution in [2.24, 2.45) is 12.1 Å². The van der Waals surface area contributed by atoms with Crippen molar-refractivity contribution >= 4 is 133 Å². The first kappa shape index (κ1) is 110. The fraction of sp³-hybridized carbons (Fsp3) is 0.607. The summed E-state index contributed by atoms with van der Waals surface area (Å²) in [6.07, 6.45) is 24.3. The van der Waals surface area contributed by atoms with Gasteiger partial charge in [-0.05, 0) is 175 Å². The largest absolute Gasteiger partial charge is 0.440 e. The summed E-state index contributed by atoms with van der Waals surface area (Å²) in [5.74, 6) is 0.755. The Balaban J connectivity index is 0.000000212. The van der Waals surface area contributed by atoms with Crippen molar-refractivity contribution in [3.63, 3.8) is 0 Å². The van der Waals surface area contributed by atoms with Gasteiger partial charge in [-0.1, -0.05) is 38.5 Å². The molecule has 45 heteroatoms. The Morgan fingerprint density at radius 3 is 1.30 bits per heavy atom. The number of hydrogen-bond donors (Lipinski definition) is 19. The molecule has 12 heterocycles. The van der Waals surface area contributed by atoms with E-state index in [0.717, 1.165) is 47.8 Å². The highest BCUT2D eigenvalue weighted by atomic mass is 32.1. The number of aliphatic hydroxyl groups excluding tert-OH is 12. The molecule has 1 aromatic rings. The fourth-order valence-corrected chi connectivity index (χ4v) is 20.6. The minimum atomic E-state index is -1.27. The molecule has 6 saturated heterocycles. The molecule has 11 aliphatic heterocycles. The van der Waals surface area contributed by atoms with E-state index in [-0.39, 0.29) is 35.3 Å². The van der Waals surface area contributed by atoms with E-state index in [9.17, 15) is 90.0 Å². The van der Waals surface area contributed by atoms with Crippen LogP contribution in [0.5, 0.6) is 0 Å². The number of aromatic amines is 1. The van der Waals surface area contributed by atoms with E-state index in [2.05, 4.69) is 193 Å². The van der Waals surface area contributed by atoms with Gasteiger partial charge in [0.25, 0.3) is 17.4 Å². The number of nitrogens with zero attached hydrogens (tertiary/aromatic N) is 7. The van der Waals surface area contributed by atoms with Gasteiger partial charge in [0.05, 0.1) is 42.2 Å². The number of thiocarbonyl (C=S) groups is 1. The Kier molecular flexibility index (Phi) is 38.7. The maximum atomic E-state index is 12.1. The summed E-state index contributed by atoms with van der Waals surface area (Å²) in [5.41, 5.74) is 0.531. The van der Waals surface area contributed by atoms with Crippen LogP contribution in [0.4, 0.5) is 9.59 Å². The van der Waals surface area contributed by atoms with E-state index in [0.29, 0.717) is 77.8 Å². The second kappa shape index (κ2) is 45.4. The molecule has 19 N–H and O–H groups in total. The molecule has 0 spiro atoms. The monoisotopic (exact) mass is 1950 g/mol. The number of carbonyl (C=O) groups excluding carboxylic acids is 4. The lowest BCUT2D eigenvalue weighted by Crippen LogP contribution is -2.51. The van der Waals surface area contributed by atoms with Crippen LogP contribution >= 0.6 is 53.5 Å². The van der Waals surface area contributed by atoms with Crippen LogP contribution < -0.4 is 43.1 Å². The Bertz CT molecular complexity index is 4820. The molecule has 6 amide bonds. The highest BCUT2D eigenvalue weighted by molar-refractivity contribution is 7.80. The number of nitrogens with one attached hydrogen (secondary N) is 7. The van der Waals surface area contributed by atoms with Gasteiger partial charge in [-0.15, -0.1) is 79.1 Å². The van der Waals surface area contributed by atoms with Gasteiger partial charge in [-0.2, -0.15) is 5.10 Å². The molecular formula is C84H141N14O24P6S+. The minimum absolute atomic E-state index is 0.139. The molecule has 6 fully saturated rings. The molecule has 38 nitrogen and oxygen atoms in total. The predicted octanol–water partition coefficient (Wildman–Crippen LogP) is -0.170. The van der Waals surface area contributed by atoms with Crippen LogP contribution in [0.15, 0.2) is 119 Å². The topological polar surface area (TPSA) is 522 Å². The zero-order valence-corrected chi connectivity index (χ0v) is 82.8. The van der Waals surface area contributed by atoms with E-state index in [1.165, 1.54) is 34.1 Å². The fourth-order valence-electron chi connectivity index (χ4n) is 14.7. The molecule has 0 saturated carbocycles. The molecule has 0 bridgehead atoms. The summed E-state index contributed by atoms with van der Waals surface area (Å²) in [7, 11) is 2.95. The molecule has 726 valence electrons. The number of hydrogen-bond acceptors (Lipinski definition) is 29. The highest BCUT2D eigenvalue weighted by Crippen LogP contribution is 2.46. The highest BCUT2D eigenvalue weighted by Gasteiger charge is 2.52.